The average Bonchev–Trinajstić information content (AvgIpc) is 3.01. The predicted molar refractivity (Wildman–Crippen MR) is 79.1 cm³/mol. The first-order valence-electron chi connectivity index (χ1n) is 7.12. The second-order valence-corrected chi connectivity index (χ2v) is 5.65. The minimum atomic E-state index is 0.648. The topological polar surface area (TPSA) is 41.6 Å². The largest absolute Gasteiger partial charge is 0.468 e. The number of hydrogen-bond acceptors (Lipinski definition) is 4. The maximum atomic E-state index is 5.57. The normalized spacial score (nSPS) is 11.7. The first-order chi connectivity index (χ1) is 9.65. The molecule has 0 fully saturated rings. The Balaban J connectivity index is 1.84. The number of hydrogen-bond donors (Lipinski definition) is 1. The van der Waals surface area contributed by atoms with Gasteiger partial charge >= 0.3 is 0 Å². The lowest BCUT2D eigenvalue weighted by molar-refractivity contribution is 0.285. The van der Waals surface area contributed by atoms with Crippen molar-refractivity contribution in [2.75, 3.05) is 13.6 Å². The smallest absolute Gasteiger partial charge is 0.122 e. The van der Waals surface area contributed by atoms with Crippen LogP contribution < -0.4 is 5.32 Å². The van der Waals surface area contributed by atoms with Crippen molar-refractivity contribution in [2.24, 2.45) is 5.92 Å². The van der Waals surface area contributed by atoms with Gasteiger partial charge in [0.2, 0.25) is 0 Å². The Morgan fingerprint density at radius 3 is 2.70 bits per heavy atom. The van der Waals surface area contributed by atoms with E-state index in [4.69, 9.17) is 8.83 Å². The standard InChI is InChI=1S/C16H24N2O2/c1-13(2)9-17-10-16-14(6-8-20-16)11-18(3)12-15-5-4-7-19-15/h4-8,13,17H,9-12H2,1-3H3. The summed E-state index contributed by atoms with van der Waals surface area (Å²) in [4.78, 5) is 2.22. The lowest BCUT2D eigenvalue weighted by atomic mass is 10.2. The minimum absolute atomic E-state index is 0.648. The molecular weight excluding hydrogens is 252 g/mol. The molecule has 4 nitrogen and oxygen atoms in total. The molecule has 0 aliphatic carbocycles. The third-order valence-electron chi connectivity index (χ3n) is 3.12. The van der Waals surface area contributed by atoms with E-state index in [-0.39, 0.29) is 0 Å². The van der Waals surface area contributed by atoms with E-state index in [1.165, 1.54) is 5.56 Å². The zero-order valence-corrected chi connectivity index (χ0v) is 12.6. The Bertz CT molecular complexity index is 488. The van der Waals surface area contributed by atoms with Gasteiger partial charge in [0.25, 0.3) is 0 Å². The molecule has 4 heteroatoms. The van der Waals surface area contributed by atoms with E-state index in [0.717, 1.165) is 37.7 Å². The Hall–Kier alpha value is -1.52. The second kappa shape index (κ2) is 7.31. The zero-order chi connectivity index (χ0) is 14.4. The summed E-state index contributed by atoms with van der Waals surface area (Å²) in [7, 11) is 2.08. The molecule has 0 unspecified atom stereocenters. The molecule has 0 saturated carbocycles. The third-order valence-corrected chi connectivity index (χ3v) is 3.12. The Morgan fingerprint density at radius 2 is 2.00 bits per heavy atom. The van der Waals surface area contributed by atoms with Crippen LogP contribution in [0.3, 0.4) is 0 Å². The van der Waals surface area contributed by atoms with Gasteiger partial charge in [-0.3, -0.25) is 4.90 Å². The molecule has 20 heavy (non-hydrogen) atoms. The summed E-state index contributed by atoms with van der Waals surface area (Å²) in [6.07, 6.45) is 3.48. The molecule has 0 atom stereocenters. The molecule has 2 aromatic heterocycles. The van der Waals surface area contributed by atoms with Gasteiger partial charge < -0.3 is 14.2 Å². The molecule has 0 radical (unpaired) electrons. The van der Waals surface area contributed by atoms with Crippen LogP contribution in [-0.4, -0.2) is 18.5 Å². The first kappa shape index (κ1) is 14.9. The van der Waals surface area contributed by atoms with Gasteiger partial charge in [0, 0.05) is 12.1 Å². The van der Waals surface area contributed by atoms with E-state index in [1.54, 1.807) is 12.5 Å². The molecule has 0 spiro atoms. The molecular formula is C16H24N2O2. The molecule has 2 heterocycles. The summed E-state index contributed by atoms with van der Waals surface area (Å²) >= 11 is 0. The van der Waals surface area contributed by atoms with Crippen molar-refractivity contribution in [3.63, 3.8) is 0 Å². The van der Waals surface area contributed by atoms with Crippen LogP contribution in [0.15, 0.2) is 39.6 Å². The van der Waals surface area contributed by atoms with Crippen molar-refractivity contribution in [2.45, 2.75) is 33.5 Å². The van der Waals surface area contributed by atoms with E-state index in [9.17, 15) is 0 Å². The minimum Gasteiger partial charge on any atom is -0.468 e. The molecule has 0 bridgehead atoms. The van der Waals surface area contributed by atoms with Crippen molar-refractivity contribution < 1.29 is 8.83 Å². The van der Waals surface area contributed by atoms with Crippen molar-refractivity contribution >= 4 is 0 Å². The van der Waals surface area contributed by atoms with E-state index in [2.05, 4.69) is 31.1 Å². The van der Waals surface area contributed by atoms with Gasteiger partial charge in [0.05, 0.1) is 25.6 Å². The number of nitrogens with zero attached hydrogens (tertiary/aromatic N) is 1. The van der Waals surface area contributed by atoms with Gasteiger partial charge in [0.1, 0.15) is 11.5 Å². The first-order valence-corrected chi connectivity index (χ1v) is 7.12. The molecule has 0 aromatic carbocycles. The maximum Gasteiger partial charge on any atom is 0.122 e. The fourth-order valence-corrected chi connectivity index (χ4v) is 2.15. The molecule has 1 N–H and O–H groups in total. The summed E-state index contributed by atoms with van der Waals surface area (Å²) < 4.78 is 10.9. The lowest BCUT2D eigenvalue weighted by Gasteiger charge is -2.15. The van der Waals surface area contributed by atoms with Crippen LogP contribution in [0.2, 0.25) is 0 Å². The number of rotatable bonds is 8. The van der Waals surface area contributed by atoms with Gasteiger partial charge in [-0.25, -0.2) is 0 Å². The number of nitrogens with one attached hydrogen (secondary N) is 1. The van der Waals surface area contributed by atoms with Crippen LogP contribution in [-0.2, 0) is 19.6 Å². The third kappa shape index (κ3) is 4.54. The van der Waals surface area contributed by atoms with Gasteiger partial charge in [-0.15, -0.1) is 0 Å². The summed E-state index contributed by atoms with van der Waals surface area (Å²) in [6, 6.07) is 5.96. The molecule has 0 saturated heterocycles. The number of furan rings is 2. The van der Waals surface area contributed by atoms with Crippen LogP contribution in [0.4, 0.5) is 0 Å². The van der Waals surface area contributed by atoms with Crippen LogP contribution >= 0.6 is 0 Å². The van der Waals surface area contributed by atoms with Gasteiger partial charge in [0.15, 0.2) is 0 Å². The van der Waals surface area contributed by atoms with Crippen molar-refractivity contribution in [3.8, 4) is 0 Å². The van der Waals surface area contributed by atoms with Gasteiger partial charge in [-0.2, -0.15) is 0 Å². The lowest BCUT2D eigenvalue weighted by Crippen LogP contribution is -2.21. The summed E-state index contributed by atoms with van der Waals surface area (Å²) in [5.74, 6) is 2.66. The maximum absolute atomic E-state index is 5.57. The zero-order valence-electron chi connectivity index (χ0n) is 12.6. The highest BCUT2D eigenvalue weighted by Gasteiger charge is 2.10. The van der Waals surface area contributed by atoms with Gasteiger partial charge in [-0.1, -0.05) is 13.8 Å². The Kier molecular flexibility index (Phi) is 5.44. The van der Waals surface area contributed by atoms with Crippen LogP contribution in [0.25, 0.3) is 0 Å². The van der Waals surface area contributed by atoms with E-state index in [0.29, 0.717) is 5.92 Å². The highest BCUT2D eigenvalue weighted by atomic mass is 16.3. The molecule has 0 aliphatic rings. The summed E-state index contributed by atoms with van der Waals surface area (Å²) in [5.41, 5.74) is 1.23. The van der Waals surface area contributed by atoms with E-state index in [1.807, 2.05) is 18.2 Å². The van der Waals surface area contributed by atoms with Crippen molar-refractivity contribution in [1.29, 1.82) is 0 Å². The van der Waals surface area contributed by atoms with Crippen molar-refractivity contribution in [1.82, 2.24) is 10.2 Å². The quantitative estimate of drug-likeness (QED) is 0.803. The van der Waals surface area contributed by atoms with Crippen LogP contribution in [0.5, 0.6) is 0 Å². The fraction of sp³-hybridized carbons (Fsp3) is 0.500. The SMILES string of the molecule is CC(C)CNCc1occc1CN(C)Cc1ccco1. The van der Waals surface area contributed by atoms with Crippen molar-refractivity contribution in [3.05, 3.63) is 47.8 Å². The van der Waals surface area contributed by atoms with E-state index >= 15 is 0 Å². The summed E-state index contributed by atoms with van der Waals surface area (Å²) in [5, 5.41) is 3.42. The van der Waals surface area contributed by atoms with E-state index < -0.39 is 0 Å². The molecule has 110 valence electrons. The molecule has 2 rings (SSSR count). The van der Waals surface area contributed by atoms with Crippen LogP contribution in [0.1, 0.15) is 30.9 Å². The Labute approximate surface area is 120 Å². The highest BCUT2D eigenvalue weighted by molar-refractivity contribution is 5.17. The molecule has 0 amide bonds. The average molecular weight is 276 g/mol. The Morgan fingerprint density at radius 1 is 1.15 bits per heavy atom. The molecule has 0 aliphatic heterocycles. The fourth-order valence-electron chi connectivity index (χ4n) is 2.15. The van der Waals surface area contributed by atoms with Crippen LogP contribution in [0, 0.1) is 5.92 Å². The second-order valence-electron chi connectivity index (χ2n) is 5.65. The predicted octanol–water partition coefficient (Wildman–Crippen LogP) is 3.25. The van der Waals surface area contributed by atoms with Gasteiger partial charge in [-0.05, 0) is 37.7 Å². The highest BCUT2D eigenvalue weighted by Crippen LogP contribution is 2.14. The monoisotopic (exact) mass is 276 g/mol. The molecule has 2 aromatic rings. The summed E-state index contributed by atoms with van der Waals surface area (Å²) in [6.45, 7) is 7.85.